The van der Waals surface area contributed by atoms with Gasteiger partial charge in [-0.05, 0) is 30.7 Å². The predicted octanol–water partition coefficient (Wildman–Crippen LogP) is 5.38. The average molecular weight is 388 g/mol. The maximum Gasteiger partial charge on any atom is 0.247 e. The second-order valence-corrected chi connectivity index (χ2v) is 6.54. The number of unbranched alkanes of at least 4 members (excludes halogenated alkanes) is 4. The molecule has 144 valence electrons. The summed E-state index contributed by atoms with van der Waals surface area (Å²) >= 11 is 6.19. The van der Waals surface area contributed by atoms with Gasteiger partial charge in [0, 0.05) is 17.9 Å². The van der Waals surface area contributed by atoms with E-state index in [1.807, 2.05) is 12.1 Å². The molecule has 1 aromatic heterocycles. The zero-order valence-corrected chi connectivity index (χ0v) is 16.4. The maximum absolute atomic E-state index is 11.4. The molecule has 0 atom stereocenters. The molecule has 0 aliphatic carbocycles. The molecule has 0 aliphatic rings. The minimum Gasteiger partial charge on any atom is -0.369 e. The Bertz CT molecular complexity index is 766. The van der Waals surface area contributed by atoms with Gasteiger partial charge in [0.15, 0.2) is 0 Å². The molecule has 3 N–H and O–H groups in total. The summed E-state index contributed by atoms with van der Waals surface area (Å²) < 4.78 is 0. The molecule has 0 saturated carbocycles. The lowest BCUT2D eigenvalue weighted by atomic mass is 10.1. The lowest BCUT2D eigenvalue weighted by Gasteiger charge is -2.11. The molecule has 1 heterocycles. The van der Waals surface area contributed by atoms with Gasteiger partial charge in [-0.15, -0.1) is 0 Å². The Balaban J connectivity index is 1.96. The SMILES string of the molecule is C=CC(=O)Nc1cccc(Nc2ncc(Cl)c(NCCCCCCC)n2)c1. The van der Waals surface area contributed by atoms with Gasteiger partial charge in [-0.25, -0.2) is 4.98 Å². The zero-order valence-electron chi connectivity index (χ0n) is 15.6. The zero-order chi connectivity index (χ0) is 19.5. The van der Waals surface area contributed by atoms with Crippen LogP contribution in [-0.2, 0) is 4.79 Å². The summed E-state index contributed by atoms with van der Waals surface area (Å²) in [4.78, 5) is 20.1. The summed E-state index contributed by atoms with van der Waals surface area (Å²) in [5, 5.41) is 9.60. The van der Waals surface area contributed by atoms with E-state index >= 15 is 0 Å². The molecule has 0 saturated heterocycles. The van der Waals surface area contributed by atoms with E-state index < -0.39 is 0 Å². The first kappa shape index (κ1) is 20.7. The lowest BCUT2D eigenvalue weighted by Crippen LogP contribution is -2.08. The molecule has 0 aliphatic heterocycles. The predicted molar refractivity (Wildman–Crippen MR) is 113 cm³/mol. The van der Waals surface area contributed by atoms with Crippen LogP contribution in [0.4, 0.5) is 23.1 Å². The molecule has 0 radical (unpaired) electrons. The number of hydrogen-bond acceptors (Lipinski definition) is 5. The third kappa shape index (κ3) is 7.27. The van der Waals surface area contributed by atoms with Crippen LogP contribution in [0.15, 0.2) is 43.1 Å². The second-order valence-electron chi connectivity index (χ2n) is 6.13. The van der Waals surface area contributed by atoms with Crippen molar-refractivity contribution in [1.82, 2.24) is 9.97 Å². The number of carbonyl (C=O) groups excluding carboxylic acids is 1. The summed E-state index contributed by atoms with van der Waals surface area (Å²) in [5.74, 6) is 0.779. The van der Waals surface area contributed by atoms with Gasteiger partial charge in [0.25, 0.3) is 0 Å². The Labute approximate surface area is 165 Å². The van der Waals surface area contributed by atoms with Crippen molar-refractivity contribution < 1.29 is 4.79 Å². The number of rotatable bonds is 11. The molecule has 1 aromatic carbocycles. The molecule has 0 unspecified atom stereocenters. The highest BCUT2D eigenvalue weighted by atomic mass is 35.5. The maximum atomic E-state index is 11.4. The molecule has 0 fully saturated rings. The fraction of sp³-hybridized carbons (Fsp3) is 0.350. The first-order valence-corrected chi connectivity index (χ1v) is 9.57. The van der Waals surface area contributed by atoms with Gasteiger partial charge >= 0.3 is 0 Å². The lowest BCUT2D eigenvalue weighted by molar-refractivity contribution is -0.111. The van der Waals surface area contributed by atoms with E-state index in [-0.39, 0.29) is 5.91 Å². The van der Waals surface area contributed by atoms with Crippen molar-refractivity contribution in [1.29, 1.82) is 0 Å². The van der Waals surface area contributed by atoms with Crippen molar-refractivity contribution in [2.24, 2.45) is 0 Å². The van der Waals surface area contributed by atoms with Crippen LogP contribution in [0, 0.1) is 0 Å². The van der Waals surface area contributed by atoms with Crippen molar-refractivity contribution in [3.63, 3.8) is 0 Å². The standard InChI is InChI=1S/C20H26ClN5O/c1-3-5-6-7-8-12-22-19-17(21)14-23-20(26-19)25-16-11-9-10-15(13-16)24-18(27)4-2/h4,9-11,13-14H,2-3,5-8,12H2,1H3,(H,24,27)(H2,22,23,25,26). The molecule has 2 rings (SSSR count). The number of carbonyl (C=O) groups is 1. The Morgan fingerprint density at radius 1 is 1.22 bits per heavy atom. The van der Waals surface area contributed by atoms with Gasteiger partial charge in [-0.3, -0.25) is 4.79 Å². The second kappa shape index (κ2) is 11.2. The van der Waals surface area contributed by atoms with Crippen molar-refractivity contribution in [2.75, 3.05) is 22.5 Å². The minimum absolute atomic E-state index is 0.264. The summed E-state index contributed by atoms with van der Waals surface area (Å²) in [5.41, 5.74) is 1.41. The third-order valence-electron chi connectivity index (χ3n) is 3.89. The molecule has 6 nitrogen and oxygen atoms in total. The Morgan fingerprint density at radius 3 is 2.78 bits per heavy atom. The van der Waals surface area contributed by atoms with E-state index in [0.29, 0.717) is 22.5 Å². The molecule has 0 spiro atoms. The largest absolute Gasteiger partial charge is 0.369 e. The third-order valence-corrected chi connectivity index (χ3v) is 4.17. The Morgan fingerprint density at radius 2 is 2.00 bits per heavy atom. The quantitative estimate of drug-likeness (QED) is 0.356. The fourth-order valence-electron chi connectivity index (χ4n) is 2.48. The topological polar surface area (TPSA) is 78.9 Å². The smallest absolute Gasteiger partial charge is 0.247 e. The highest BCUT2D eigenvalue weighted by molar-refractivity contribution is 6.32. The number of anilines is 4. The summed E-state index contributed by atoms with van der Waals surface area (Å²) in [7, 11) is 0. The molecular weight excluding hydrogens is 362 g/mol. The summed E-state index contributed by atoms with van der Waals surface area (Å²) in [6.07, 6.45) is 8.82. The van der Waals surface area contributed by atoms with Crippen LogP contribution >= 0.6 is 11.6 Å². The highest BCUT2D eigenvalue weighted by Gasteiger charge is 2.06. The fourth-order valence-corrected chi connectivity index (χ4v) is 2.64. The van der Waals surface area contributed by atoms with Gasteiger partial charge in [0.1, 0.15) is 10.8 Å². The number of benzene rings is 1. The van der Waals surface area contributed by atoms with Crippen LogP contribution in [0.3, 0.4) is 0 Å². The van der Waals surface area contributed by atoms with Crippen molar-refractivity contribution in [2.45, 2.75) is 39.0 Å². The minimum atomic E-state index is -0.264. The molecule has 2 aromatic rings. The van der Waals surface area contributed by atoms with Crippen molar-refractivity contribution >= 4 is 40.6 Å². The normalized spacial score (nSPS) is 10.3. The van der Waals surface area contributed by atoms with E-state index in [4.69, 9.17) is 11.6 Å². The van der Waals surface area contributed by atoms with E-state index in [0.717, 1.165) is 18.7 Å². The number of hydrogen-bond donors (Lipinski definition) is 3. The van der Waals surface area contributed by atoms with Gasteiger partial charge in [0.05, 0.1) is 6.20 Å². The van der Waals surface area contributed by atoms with Gasteiger partial charge in [0.2, 0.25) is 11.9 Å². The van der Waals surface area contributed by atoms with Crippen LogP contribution in [0.5, 0.6) is 0 Å². The molecule has 1 amide bonds. The molecule has 0 bridgehead atoms. The van der Waals surface area contributed by atoms with Crippen LogP contribution in [-0.4, -0.2) is 22.4 Å². The summed E-state index contributed by atoms with van der Waals surface area (Å²) in [6, 6.07) is 7.27. The highest BCUT2D eigenvalue weighted by Crippen LogP contribution is 2.23. The first-order chi connectivity index (χ1) is 13.1. The van der Waals surface area contributed by atoms with Crippen LogP contribution in [0.1, 0.15) is 39.0 Å². The van der Waals surface area contributed by atoms with E-state index in [1.165, 1.54) is 31.8 Å². The van der Waals surface area contributed by atoms with Crippen molar-refractivity contribution in [3.05, 3.63) is 48.1 Å². The average Bonchev–Trinajstić information content (AvgIpc) is 2.67. The van der Waals surface area contributed by atoms with Crippen molar-refractivity contribution in [3.8, 4) is 0 Å². The van der Waals surface area contributed by atoms with Gasteiger partial charge < -0.3 is 16.0 Å². The molecule has 7 heteroatoms. The number of nitrogens with zero attached hydrogens (tertiary/aromatic N) is 2. The summed E-state index contributed by atoms with van der Waals surface area (Å²) in [6.45, 7) is 6.47. The number of halogens is 1. The number of amides is 1. The van der Waals surface area contributed by atoms with Crippen LogP contribution in [0.2, 0.25) is 5.02 Å². The molecular formula is C20H26ClN5O. The Kier molecular flexibility index (Phi) is 8.58. The number of aromatic nitrogens is 2. The van der Waals surface area contributed by atoms with Crippen LogP contribution < -0.4 is 16.0 Å². The van der Waals surface area contributed by atoms with Gasteiger partial charge in [-0.2, -0.15) is 4.98 Å². The van der Waals surface area contributed by atoms with E-state index in [1.54, 1.807) is 18.3 Å². The number of nitrogens with one attached hydrogen (secondary N) is 3. The van der Waals surface area contributed by atoms with Crippen LogP contribution in [0.25, 0.3) is 0 Å². The first-order valence-electron chi connectivity index (χ1n) is 9.19. The van der Waals surface area contributed by atoms with E-state index in [2.05, 4.69) is 39.4 Å². The molecule has 27 heavy (non-hydrogen) atoms. The monoisotopic (exact) mass is 387 g/mol. The van der Waals surface area contributed by atoms with E-state index in [9.17, 15) is 4.79 Å². The van der Waals surface area contributed by atoms with Gasteiger partial charge in [-0.1, -0.05) is 56.9 Å². The Hall–Kier alpha value is -2.60.